The summed E-state index contributed by atoms with van der Waals surface area (Å²) >= 11 is 0. The van der Waals surface area contributed by atoms with Crippen molar-refractivity contribution in [2.24, 2.45) is 10.1 Å². The molecule has 1 aliphatic rings. The monoisotopic (exact) mass is 319 g/mol. The van der Waals surface area contributed by atoms with E-state index in [1.165, 1.54) is 11.1 Å². The Labute approximate surface area is 134 Å². The van der Waals surface area contributed by atoms with E-state index in [4.69, 9.17) is 10.5 Å². The fraction of sp³-hybridized carbons (Fsp3) is 0.400. The van der Waals surface area contributed by atoms with Gasteiger partial charge >= 0.3 is 0 Å². The normalized spacial score (nSPS) is 16.2. The van der Waals surface area contributed by atoms with E-state index in [0.29, 0.717) is 41.5 Å². The van der Waals surface area contributed by atoms with Crippen LogP contribution in [0.25, 0.3) is 0 Å². The van der Waals surface area contributed by atoms with Gasteiger partial charge in [-0.1, -0.05) is 0 Å². The van der Waals surface area contributed by atoms with E-state index >= 15 is 0 Å². The number of anilines is 1. The van der Waals surface area contributed by atoms with Gasteiger partial charge in [0.15, 0.2) is 5.84 Å². The summed E-state index contributed by atoms with van der Waals surface area (Å²) in [6, 6.07) is 3.20. The lowest BCUT2D eigenvalue weighted by atomic mass is 10.1. The van der Waals surface area contributed by atoms with Crippen molar-refractivity contribution >= 4 is 28.6 Å². The van der Waals surface area contributed by atoms with Crippen LogP contribution in [-0.2, 0) is 0 Å². The van der Waals surface area contributed by atoms with Crippen molar-refractivity contribution in [3.8, 4) is 5.75 Å². The van der Waals surface area contributed by atoms with Gasteiger partial charge in [-0.05, 0) is 25.5 Å². The first kappa shape index (κ1) is 16.9. The van der Waals surface area contributed by atoms with Gasteiger partial charge < -0.3 is 20.6 Å². The molecule has 0 bridgehead atoms. The van der Waals surface area contributed by atoms with Crippen LogP contribution < -0.4 is 5.32 Å². The van der Waals surface area contributed by atoms with E-state index in [1.54, 1.807) is 13.0 Å². The number of amidine groups is 1. The number of hydrazone groups is 1. The van der Waals surface area contributed by atoms with Crippen LogP contribution in [0, 0.1) is 12.3 Å². The average Bonchev–Trinajstić information content (AvgIpc) is 2.85. The van der Waals surface area contributed by atoms with Crippen LogP contribution in [0.15, 0.2) is 22.2 Å². The van der Waals surface area contributed by atoms with Crippen LogP contribution in [0.1, 0.15) is 12.5 Å². The lowest BCUT2D eigenvalue weighted by Crippen LogP contribution is -2.27. The molecule has 8 nitrogen and oxygen atoms in total. The summed E-state index contributed by atoms with van der Waals surface area (Å²) in [6.45, 7) is 4.04. The molecule has 0 aliphatic carbocycles. The zero-order valence-electron chi connectivity index (χ0n) is 13.2. The van der Waals surface area contributed by atoms with Crippen LogP contribution in [0.5, 0.6) is 5.75 Å². The van der Waals surface area contributed by atoms with Crippen LogP contribution in [0.4, 0.5) is 11.4 Å². The highest BCUT2D eigenvalue weighted by Crippen LogP contribution is 2.32. The van der Waals surface area contributed by atoms with E-state index < -0.39 is 0 Å². The number of aliphatic hydroxyl groups is 2. The molecular weight excluding hydrogens is 298 g/mol. The minimum Gasteiger partial charge on any atom is -0.508 e. The highest BCUT2D eigenvalue weighted by molar-refractivity contribution is 6.70. The van der Waals surface area contributed by atoms with Crippen molar-refractivity contribution in [1.82, 2.24) is 5.01 Å². The summed E-state index contributed by atoms with van der Waals surface area (Å²) in [5, 5.41) is 44.9. The Morgan fingerprint density at radius 1 is 1.35 bits per heavy atom. The Balaban J connectivity index is 2.47. The van der Waals surface area contributed by atoms with Gasteiger partial charge in [0, 0.05) is 19.2 Å². The van der Waals surface area contributed by atoms with E-state index in [2.05, 4.69) is 15.4 Å². The first-order valence-electron chi connectivity index (χ1n) is 7.34. The Morgan fingerprint density at radius 2 is 2.09 bits per heavy atom. The van der Waals surface area contributed by atoms with Crippen molar-refractivity contribution in [3.63, 3.8) is 0 Å². The number of aliphatic hydroxyl groups excluding tert-OH is 2. The molecule has 1 aromatic carbocycles. The Bertz CT molecular complexity index is 669. The molecule has 8 heteroatoms. The molecule has 0 spiro atoms. The number of nitrogens with zero attached hydrogens (tertiary/aromatic N) is 3. The molecule has 0 aromatic heterocycles. The molecule has 0 radical (unpaired) electrons. The number of aliphatic imine (C=N–C) groups is 1. The minimum atomic E-state index is -0.311. The van der Waals surface area contributed by atoms with Crippen LogP contribution in [-0.4, -0.2) is 63.9 Å². The number of benzene rings is 1. The largest absolute Gasteiger partial charge is 0.508 e. The summed E-state index contributed by atoms with van der Waals surface area (Å²) < 4.78 is 0. The Morgan fingerprint density at radius 3 is 2.70 bits per heavy atom. The maximum atomic E-state index is 9.85. The Hall–Kier alpha value is -2.45. The first-order valence-corrected chi connectivity index (χ1v) is 7.34. The summed E-state index contributed by atoms with van der Waals surface area (Å²) in [6.07, 6.45) is 0. The predicted octanol–water partition coefficient (Wildman–Crippen LogP) is 0.838. The van der Waals surface area contributed by atoms with Gasteiger partial charge in [-0.3, -0.25) is 5.41 Å². The molecule has 0 unspecified atom stereocenters. The number of phenols is 1. The van der Waals surface area contributed by atoms with Gasteiger partial charge in [-0.2, -0.15) is 5.10 Å². The zero-order valence-corrected chi connectivity index (χ0v) is 13.2. The molecule has 0 fully saturated rings. The first-order chi connectivity index (χ1) is 11.0. The molecule has 23 heavy (non-hydrogen) atoms. The second-order valence-electron chi connectivity index (χ2n) is 5.04. The topological polar surface area (TPSA) is 125 Å². The molecular formula is C15H21N5O3. The van der Waals surface area contributed by atoms with Crippen molar-refractivity contribution in [3.05, 3.63) is 17.7 Å². The third-order valence-corrected chi connectivity index (χ3v) is 3.42. The number of aryl methyl sites for hydroxylation is 1. The number of aromatic hydroxyl groups is 1. The summed E-state index contributed by atoms with van der Waals surface area (Å²) in [4.78, 5) is 4.45. The van der Waals surface area contributed by atoms with Gasteiger partial charge in [0.2, 0.25) is 0 Å². The van der Waals surface area contributed by atoms with E-state index in [1.807, 2.05) is 6.92 Å². The molecule has 0 saturated carbocycles. The van der Waals surface area contributed by atoms with Gasteiger partial charge in [0.1, 0.15) is 17.2 Å². The standard InChI is InChI=1S/C15H21N5O3/c1-3-20-15(16)14(12(8-22)19-20)18-11-6-9(2)13(23)7-10(11)17-4-5-21/h6-7,16-17,21-23H,3-5,8H2,1-2H3. The molecule has 1 heterocycles. The molecule has 124 valence electrons. The summed E-state index contributed by atoms with van der Waals surface area (Å²) in [5.74, 6) is 0.234. The van der Waals surface area contributed by atoms with Gasteiger partial charge in [-0.15, -0.1) is 0 Å². The van der Waals surface area contributed by atoms with Crippen molar-refractivity contribution < 1.29 is 15.3 Å². The van der Waals surface area contributed by atoms with Crippen LogP contribution in [0.2, 0.25) is 0 Å². The van der Waals surface area contributed by atoms with Crippen LogP contribution in [0.3, 0.4) is 0 Å². The molecule has 5 N–H and O–H groups in total. The van der Waals surface area contributed by atoms with Crippen molar-refractivity contribution in [2.45, 2.75) is 13.8 Å². The number of phenolic OH excluding ortho intramolecular Hbond substituents is 1. The van der Waals surface area contributed by atoms with Gasteiger partial charge in [0.05, 0.1) is 24.6 Å². The number of hydrogen-bond donors (Lipinski definition) is 5. The summed E-state index contributed by atoms with van der Waals surface area (Å²) in [5.41, 5.74) is 2.31. The third kappa shape index (κ3) is 3.49. The molecule has 2 rings (SSSR count). The smallest absolute Gasteiger partial charge is 0.169 e. The highest BCUT2D eigenvalue weighted by atomic mass is 16.3. The Kier molecular flexibility index (Phi) is 5.30. The SMILES string of the molecule is CCN1N=C(CO)C(=Nc2cc(C)c(O)cc2NCCO)C1=N. The predicted molar refractivity (Wildman–Crippen MR) is 90.1 cm³/mol. The number of nitrogens with one attached hydrogen (secondary N) is 2. The van der Waals surface area contributed by atoms with Crippen LogP contribution >= 0.6 is 0 Å². The molecule has 0 amide bonds. The van der Waals surface area contributed by atoms with Gasteiger partial charge in [-0.25, -0.2) is 10.0 Å². The highest BCUT2D eigenvalue weighted by Gasteiger charge is 2.27. The lowest BCUT2D eigenvalue weighted by Gasteiger charge is -2.12. The minimum absolute atomic E-state index is 0.0621. The average molecular weight is 319 g/mol. The third-order valence-electron chi connectivity index (χ3n) is 3.42. The molecule has 1 aliphatic heterocycles. The number of hydrogen-bond acceptors (Lipinski definition) is 7. The quantitative estimate of drug-likeness (QED) is 0.531. The maximum Gasteiger partial charge on any atom is 0.169 e. The zero-order chi connectivity index (χ0) is 17.0. The number of rotatable bonds is 6. The maximum absolute atomic E-state index is 9.85. The molecule has 1 aromatic rings. The second kappa shape index (κ2) is 7.21. The fourth-order valence-corrected chi connectivity index (χ4v) is 2.18. The second-order valence-corrected chi connectivity index (χ2v) is 5.04. The molecule has 0 atom stereocenters. The van der Waals surface area contributed by atoms with Gasteiger partial charge in [0.25, 0.3) is 0 Å². The molecule has 0 saturated heterocycles. The lowest BCUT2D eigenvalue weighted by molar-refractivity contribution is 0.311. The van der Waals surface area contributed by atoms with Crippen molar-refractivity contribution in [2.75, 3.05) is 31.6 Å². The fourth-order valence-electron chi connectivity index (χ4n) is 2.18. The van der Waals surface area contributed by atoms with E-state index in [9.17, 15) is 10.2 Å². The van der Waals surface area contributed by atoms with E-state index in [0.717, 1.165) is 0 Å². The van der Waals surface area contributed by atoms with E-state index in [-0.39, 0.29) is 24.8 Å². The van der Waals surface area contributed by atoms with Crippen molar-refractivity contribution in [1.29, 1.82) is 5.41 Å². The summed E-state index contributed by atoms with van der Waals surface area (Å²) in [7, 11) is 0.